The van der Waals surface area contributed by atoms with E-state index in [-0.39, 0.29) is 0 Å². The summed E-state index contributed by atoms with van der Waals surface area (Å²) in [6.07, 6.45) is 18.7. The molecule has 0 radical (unpaired) electrons. The molecule has 0 heterocycles. The highest BCUT2D eigenvalue weighted by Gasteiger charge is 2.08. The van der Waals surface area contributed by atoms with Crippen molar-refractivity contribution in [3.63, 3.8) is 0 Å². The van der Waals surface area contributed by atoms with Crippen LogP contribution in [0, 0.1) is 11.8 Å². The summed E-state index contributed by atoms with van der Waals surface area (Å²) < 4.78 is 5.74. The molecule has 0 unspecified atom stereocenters. The average molecular weight is 475 g/mol. The van der Waals surface area contributed by atoms with Crippen LogP contribution in [-0.4, -0.2) is 23.4 Å². The summed E-state index contributed by atoms with van der Waals surface area (Å²) in [6, 6.07) is 15.4. The van der Waals surface area contributed by atoms with Gasteiger partial charge in [0.15, 0.2) is 0 Å². The van der Waals surface area contributed by atoms with Crippen LogP contribution in [0.4, 0.5) is 0 Å². The smallest absolute Gasteiger partial charge is 0.336 e. The monoisotopic (exact) mass is 474 g/mol. The maximum Gasteiger partial charge on any atom is 0.336 e. The third kappa shape index (κ3) is 11.6. The zero-order valence-corrected chi connectivity index (χ0v) is 20.7. The Hall–Kier alpha value is -3.16. The first-order chi connectivity index (χ1) is 16.7. The van der Waals surface area contributed by atoms with Crippen LogP contribution >= 0.6 is 11.8 Å². The summed E-state index contributed by atoms with van der Waals surface area (Å²) in [4.78, 5) is 11.9. The first kappa shape index (κ1) is 27.1. The van der Waals surface area contributed by atoms with Crippen LogP contribution in [0.3, 0.4) is 0 Å². The van der Waals surface area contributed by atoms with E-state index >= 15 is 0 Å². The minimum absolute atomic E-state index is 0.329. The van der Waals surface area contributed by atoms with Gasteiger partial charge in [-0.2, -0.15) is 0 Å². The molecule has 34 heavy (non-hydrogen) atoms. The number of ether oxygens (including phenoxy) is 1. The van der Waals surface area contributed by atoms with E-state index < -0.39 is 5.97 Å². The first-order valence-electron chi connectivity index (χ1n) is 11.8. The summed E-state index contributed by atoms with van der Waals surface area (Å²) in [6.45, 7) is 2.80. The SMILES string of the molecule is CCCCc1ccc(OC/C=C\C/C=C\C/C=C\CC#CCSc2ccccc2C(=O)O)cc1. The number of aromatic carboxylic acids is 1. The summed E-state index contributed by atoms with van der Waals surface area (Å²) in [7, 11) is 0. The number of benzene rings is 2. The summed E-state index contributed by atoms with van der Waals surface area (Å²) in [5.41, 5.74) is 1.70. The third-order valence-electron chi connectivity index (χ3n) is 4.90. The van der Waals surface area contributed by atoms with Crippen molar-refractivity contribution >= 4 is 17.7 Å². The topological polar surface area (TPSA) is 46.5 Å². The maximum absolute atomic E-state index is 11.2. The fraction of sp³-hybridized carbons (Fsp3) is 0.300. The molecule has 0 amide bonds. The predicted octanol–water partition coefficient (Wildman–Crippen LogP) is 7.74. The summed E-state index contributed by atoms with van der Waals surface area (Å²) in [5, 5.41) is 9.18. The van der Waals surface area contributed by atoms with E-state index in [0.29, 0.717) is 24.3 Å². The number of hydrogen-bond acceptors (Lipinski definition) is 3. The normalized spacial score (nSPS) is 11.2. The van der Waals surface area contributed by atoms with E-state index in [0.717, 1.165) is 29.9 Å². The van der Waals surface area contributed by atoms with Crippen LogP contribution in [-0.2, 0) is 6.42 Å². The minimum Gasteiger partial charge on any atom is -0.490 e. The second kappa shape index (κ2) is 17.3. The fourth-order valence-corrected chi connectivity index (χ4v) is 3.85. The molecule has 1 N–H and O–H groups in total. The molecule has 0 bridgehead atoms. The van der Waals surface area contributed by atoms with Crippen molar-refractivity contribution in [2.45, 2.75) is 50.3 Å². The molecular weight excluding hydrogens is 440 g/mol. The Morgan fingerprint density at radius 2 is 1.65 bits per heavy atom. The molecule has 2 rings (SSSR count). The Labute approximate surface area is 208 Å². The largest absolute Gasteiger partial charge is 0.490 e. The number of carbonyl (C=O) groups is 1. The van der Waals surface area contributed by atoms with Crippen LogP contribution in [0.25, 0.3) is 0 Å². The first-order valence-corrected chi connectivity index (χ1v) is 12.8. The molecule has 0 spiro atoms. The highest BCUT2D eigenvalue weighted by molar-refractivity contribution is 7.99. The fourth-order valence-electron chi connectivity index (χ4n) is 3.04. The molecule has 3 nitrogen and oxygen atoms in total. The lowest BCUT2D eigenvalue weighted by atomic mass is 10.1. The van der Waals surface area contributed by atoms with E-state index in [9.17, 15) is 9.90 Å². The zero-order valence-electron chi connectivity index (χ0n) is 19.9. The molecule has 178 valence electrons. The van der Waals surface area contributed by atoms with E-state index in [1.54, 1.807) is 12.1 Å². The van der Waals surface area contributed by atoms with Crippen molar-refractivity contribution in [3.05, 3.63) is 96.1 Å². The van der Waals surface area contributed by atoms with Crippen molar-refractivity contribution in [1.82, 2.24) is 0 Å². The van der Waals surface area contributed by atoms with Crippen LogP contribution in [0.1, 0.15) is 54.9 Å². The number of rotatable bonds is 14. The second-order valence-electron chi connectivity index (χ2n) is 7.59. The number of carboxylic acid groups (broad SMARTS) is 1. The van der Waals surface area contributed by atoms with Crippen LogP contribution < -0.4 is 4.74 Å². The molecule has 0 saturated carbocycles. The van der Waals surface area contributed by atoms with Crippen molar-refractivity contribution in [2.75, 3.05) is 12.4 Å². The minimum atomic E-state index is -0.904. The molecule has 0 aliphatic heterocycles. The summed E-state index contributed by atoms with van der Waals surface area (Å²) >= 11 is 1.45. The molecule has 0 atom stereocenters. The highest BCUT2D eigenvalue weighted by atomic mass is 32.2. The van der Waals surface area contributed by atoms with Crippen LogP contribution in [0.5, 0.6) is 5.75 Å². The van der Waals surface area contributed by atoms with Crippen molar-refractivity contribution in [1.29, 1.82) is 0 Å². The number of allylic oxidation sites excluding steroid dienone is 5. The lowest BCUT2D eigenvalue weighted by molar-refractivity contribution is 0.0693. The Balaban J connectivity index is 1.52. The number of aryl methyl sites for hydroxylation is 1. The molecule has 2 aromatic carbocycles. The van der Waals surface area contributed by atoms with Gasteiger partial charge in [0.05, 0.1) is 11.3 Å². The quantitative estimate of drug-likeness (QED) is 0.173. The van der Waals surface area contributed by atoms with Gasteiger partial charge in [-0.05, 0) is 55.5 Å². The third-order valence-corrected chi connectivity index (χ3v) is 5.85. The van der Waals surface area contributed by atoms with Gasteiger partial charge in [0.2, 0.25) is 0 Å². The Morgan fingerprint density at radius 3 is 2.38 bits per heavy atom. The zero-order chi connectivity index (χ0) is 24.3. The summed E-state index contributed by atoms with van der Waals surface area (Å²) in [5.74, 6) is 6.78. The second-order valence-corrected chi connectivity index (χ2v) is 8.61. The van der Waals surface area contributed by atoms with Gasteiger partial charge in [-0.1, -0.05) is 85.9 Å². The van der Waals surface area contributed by atoms with Crippen molar-refractivity contribution < 1.29 is 14.6 Å². The average Bonchev–Trinajstić information content (AvgIpc) is 2.86. The van der Waals surface area contributed by atoms with Gasteiger partial charge >= 0.3 is 5.97 Å². The Bertz CT molecular complexity index is 1010. The number of carboxylic acids is 1. The van der Waals surface area contributed by atoms with Gasteiger partial charge < -0.3 is 9.84 Å². The Kier molecular flexibility index (Phi) is 13.8. The Morgan fingerprint density at radius 1 is 0.941 bits per heavy atom. The lowest BCUT2D eigenvalue weighted by Gasteiger charge is -2.04. The maximum atomic E-state index is 11.2. The van der Waals surface area contributed by atoms with Crippen LogP contribution in [0.2, 0.25) is 0 Å². The van der Waals surface area contributed by atoms with E-state index in [4.69, 9.17) is 4.74 Å². The molecule has 0 aliphatic rings. The van der Waals surface area contributed by atoms with Gasteiger partial charge in [-0.25, -0.2) is 4.79 Å². The van der Waals surface area contributed by atoms with Gasteiger partial charge in [-0.3, -0.25) is 0 Å². The van der Waals surface area contributed by atoms with E-state index in [2.05, 4.69) is 61.3 Å². The number of unbranched alkanes of at least 4 members (excludes halogenated alkanes) is 1. The molecular formula is C30H34O3S. The lowest BCUT2D eigenvalue weighted by Crippen LogP contribution is -1.98. The molecule has 2 aromatic rings. The number of hydrogen-bond donors (Lipinski definition) is 1. The molecule has 0 fully saturated rings. The van der Waals surface area contributed by atoms with E-state index in [1.807, 2.05) is 30.3 Å². The predicted molar refractivity (Wildman–Crippen MR) is 144 cm³/mol. The van der Waals surface area contributed by atoms with Gasteiger partial charge in [0, 0.05) is 11.3 Å². The van der Waals surface area contributed by atoms with Crippen molar-refractivity contribution in [3.8, 4) is 17.6 Å². The number of thioether (sulfide) groups is 1. The molecule has 4 heteroatoms. The van der Waals surface area contributed by atoms with Gasteiger partial charge in [-0.15, -0.1) is 11.8 Å². The van der Waals surface area contributed by atoms with Gasteiger partial charge in [0.25, 0.3) is 0 Å². The molecule has 0 aliphatic carbocycles. The highest BCUT2D eigenvalue weighted by Crippen LogP contribution is 2.22. The standard InChI is InChI=1S/C30H34O3S/c1-2-3-17-26-20-22-27(23-21-26)33-24-15-11-9-7-5-4-6-8-10-12-16-25-34-29-19-14-13-18-28(29)30(31)32/h5-8,11,13-15,18-23H,2-4,9-10,17,24-25H2,1H3,(H,31,32)/b7-5-,8-6-,15-11-. The molecule has 0 saturated heterocycles. The molecule has 0 aromatic heterocycles. The van der Waals surface area contributed by atoms with Crippen LogP contribution in [0.15, 0.2) is 89.9 Å². The van der Waals surface area contributed by atoms with Gasteiger partial charge in [0.1, 0.15) is 12.4 Å². The van der Waals surface area contributed by atoms with Crippen molar-refractivity contribution in [2.24, 2.45) is 0 Å². The van der Waals surface area contributed by atoms with E-state index in [1.165, 1.54) is 30.2 Å².